The van der Waals surface area contributed by atoms with Crippen molar-refractivity contribution in [3.8, 4) is 5.75 Å². The molecule has 2 N–H and O–H groups in total. The molecule has 0 amide bonds. The van der Waals surface area contributed by atoms with Crippen LogP contribution < -0.4 is 9.55 Å². The number of anilines is 1. The fraction of sp³-hybridized carbons (Fsp3) is 0.263. The summed E-state index contributed by atoms with van der Waals surface area (Å²) in [6, 6.07) is 14.2. The molecule has 0 bridgehead atoms. The van der Waals surface area contributed by atoms with Gasteiger partial charge in [-0.3, -0.25) is 0 Å². The SMILES string of the molecule is CB(O)N1CC(CCl)c2c1cc(OCc1ccccc1)c1[nH]ccc21. The Kier molecular flexibility index (Phi) is 4.36. The molecule has 0 saturated heterocycles. The van der Waals surface area contributed by atoms with Crippen LogP contribution in [0.5, 0.6) is 5.75 Å². The molecular weight excluding hydrogens is 334 g/mol. The maximum absolute atomic E-state index is 10.2. The summed E-state index contributed by atoms with van der Waals surface area (Å²) in [5.74, 6) is 1.52. The molecule has 4 nitrogen and oxygen atoms in total. The molecule has 3 aromatic rings. The number of rotatable bonds is 5. The summed E-state index contributed by atoms with van der Waals surface area (Å²) >= 11 is 6.20. The van der Waals surface area contributed by atoms with Gasteiger partial charge < -0.3 is 19.6 Å². The second-order valence-electron chi connectivity index (χ2n) is 6.48. The van der Waals surface area contributed by atoms with E-state index in [0.29, 0.717) is 12.5 Å². The normalized spacial score (nSPS) is 16.3. The Morgan fingerprint density at radius 3 is 2.84 bits per heavy atom. The number of nitrogens with one attached hydrogen (secondary N) is 1. The van der Waals surface area contributed by atoms with Crippen LogP contribution in [0.25, 0.3) is 10.9 Å². The Morgan fingerprint density at radius 2 is 2.12 bits per heavy atom. The Hall–Kier alpha value is -2.11. The van der Waals surface area contributed by atoms with E-state index < -0.39 is 7.05 Å². The summed E-state index contributed by atoms with van der Waals surface area (Å²) in [5, 5.41) is 11.3. The number of benzene rings is 2. The van der Waals surface area contributed by atoms with Crippen molar-refractivity contribution in [3.05, 3.63) is 59.8 Å². The highest BCUT2D eigenvalue weighted by Crippen LogP contribution is 2.45. The van der Waals surface area contributed by atoms with Crippen LogP contribution in [0.3, 0.4) is 0 Å². The number of alkyl halides is 1. The van der Waals surface area contributed by atoms with Gasteiger partial charge in [0.05, 0.1) is 5.52 Å². The van der Waals surface area contributed by atoms with Crippen LogP contribution in [-0.4, -0.2) is 29.5 Å². The first kappa shape index (κ1) is 16.4. The third-order valence-corrected chi connectivity index (χ3v) is 5.21. The Balaban J connectivity index is 1.76. The Bertz CT molecular complexity index is 882. The van der Waals surface area contributed by atoms with E-state index in [2.05, 4.69) is 11.1 Å². The maximum Gasteiger partial charge on any atom is 0.409 e. The van der Waals surface area contributed by atoms with Gasteiger partial charge in [0, 0.05) is 41.7 Å². The minimum atomic E-state index is -0.565. The summed E-state index contributed by atoms with van der Waals surface area (Å²) in [6.45, 7) is 3.01. The number of hydrogen-bond acceptors (Lipinski definition) is 3. The molecule has 0 fully saturated rings. The number of hydrogen-bond donors (Lipinski definition) is 2. The van der Waals surface area contributed by atoms with Gasteiger partial charge in [0.2, 0.25) is 0 Å². The van der Waals surface area contributed by atoms with Crippen molar-refractivity contribution in [1.82, 2.24) is 4.98 Å². The fourth-order valence-corrected chi connectivity index (χ4v) is 3.88. The first-order valence-electron chi connectivity index (χ1n) is 8.50. The molecule has 1 atom stereocenters. The largest absolute Gasteiger partial charge is 0.487 e. The van der Waals surface area contributed by atoms with E-state index in [9.17, 15) is 5.02 Å². The summed E-state index contributed by atoms with van der Waals surface area (Å²) in [6.07, 6.45) is 1.93. The van der Waals surface area contributed by atoms with Crippen LogP contribution in [0, 0.1) is 0 Å². The van der Waals surface area contributed by atoms with Crippen molar-refractivity contribution < 1.29 is 9.76 Å². The number of fused-ring (bicyclic) bond motifs is 3. The molecule has 1 aliphatic rings. The molecule has 1 aromatic heterocycles. The van der Waals surface area contributed by atoms with Gasteiger partial charge in [0.1, 0.15) is 12.4 Å². The molecule has 6 heteroatoms. The van der Waals surface area contributed by atoms with Crippen molar-refractivity contribution in [2.75, 3.05) is 17.2 Å². The first-order chi connectivity index (χ1) is 12.2. The van der Waals surface area contributed by atoms with Crippen LogP contribution in [0.15, 0.2) is 48.7 Å². The minimum absolute atomic E-state index is 0.202. The lowest BCUT2D eigenvalue weighted by molar-refractivity contribution is 0.309. The number of halogens is 1. The Morgan fingerprint density at radius 1 is 1.32 bits per heavy atom. The van der Waals surface area contributed by atoms with E-state index in [1.807, 2.05) is 47.4 Å². The molecule has 4 rings (SSSR count). The van der Waals surface area contributed by atoms with Crippen molar-refractivity contribution in [3.63, 3.8) is 0 Å². The lowest BCUT2D eigenvalue weighted by Crippen LogP contribution is -2.36. The predicted molar refractivity (Wildman–Crippen MR) is 104 cm³/mol. The quantitative estimate of drug-likeness (QED) is 0.538. The van der Waals surface area contributed by atoms with Gasteiger partial charge in [-0.15, -0.1) is 11.6 Å². The molecule has 25 heavy (non-hydrogen) atoms. The van der Waals surface area contributed by atoms with Gasteiger partial charge in [-0.05, 0) is 24.0 Å². The number of ether oxygens (including phenoxy) is 1. The highest BCUT2D eigenvalue weighted by Gasteiger charge is 2.34. The maximum atomic E-state index is 10.2. The van der Waals surface area contributed by atoms with Crippen LogP contribution in [-0.2, 0) is 6.61 Å². The van der Waals surface area contributed by atoms with Gasteiger partial charge >= 0.3 is 7.05 Å². The molecule has 0 spiro atoms. The van der Waals surface area contributed by atoms with Crippen LogP contribution >= 0.6 is 11.6 Å². The fourth-order valence-electron chi connectivity index (χ4n) is 3.63. The standard InChI is InChI=1S/C19H20BClN2O2/c1-20(24)23-11-14(10-21)18-15-7-8-22-19(15)17(9-16(18)23)25-12-13-5-3-2-4-6-13/h2-9,14,22,24H,10-12H2,1H3. The summed E-state index contributed by atoms with van der Waals surface area (Å²) in [5.41, 5.74) is 4.31. The molecule has 2 heterocycles. The summed E-state index contributed by atoms with van der Waals surface area (Å²) in [7, 11) is -0.565. The summed E-state index contributed by atoms with van der Waals surface area (Å²) < 4.78 is 6.11. The third-order valence-electron chi connectivity index (χ3n) is 4.84. The molecule has 0 aliphatic carbocycles. The molecular formula is C19H20BClN2O2. The second-order valence-corrected chi connectivity index (χ2v) is 6.79. The van der Waals surface area contributed by atoms with E-state index in [1.165, 1.54) is 5.56 Å². The van der Waals surface area contributed by atoms with E-state index in [4.69, 9.17) is 16.3 Å². The zero-order chi connectivity index (χ0) is 17.4. The van der Waals surface area contributed by atoms with E-state index >= 15 is 0 Å². The zero-order valence-electron chi connectivity index (χ0n) is 14.1. The monoisotopic (exact) mass is 354 g/mol. The smallest absolute Gasteiger partial charge is 0.409 e. The summed E-state index contributed by atoms with van der Waals surface area (Å²) in [4.78, 5) is 5.28. The number of nitrogens with zero attached hydrogens (tertiary/aromatic N) is 1. The highest BCUT2D eigenvalue weighted by atomic mass is 35.5. The Labute approximate surface area is 152 Å². The average Bonchev–Trinajstić information content (AvgIpc) is 3.24. The van der Waals surface area contributed by atoms with Gasteiger partial charge in [0.25, 0.3) is 0 Å². The second kappa shape index (κ2) is 6.66. The van der Waals surface area contributed by atoms with Crippen molar-refractivity contribution in [2.45, 2.75) is 19.3 Å². The van der Waals surface area contributed by atoms with Crippen molar-refractivity contribution in [2.24, 2.45) is 0 Å². The van der Waals surface area contributed by atoms with Gasteiger partial charge in [0.15, 0.2) is 0 Å². The minimum Gasteiger partial charge on any atom is -0.487 e. The predicted octanol–water partition coefficient (Wildman–Crippen LogP) is 4.00. The number of H-pyrrole nitrogens is 1. The van der Waals surface area contributed by atoms with Gasteiger partial charge in [-0.2, -0.15) is 0 Å². The molecule has 128 valence electrons. The molecule has 1 aliphatic heterocycles. The number of aromatic nitrogens is 1. The first-order valence-corrected chi connectivity index (χ1v) is 9.04. The topological polar surface area (TPSA) is 48.5 Å². The van der Waals surface area contributed by atoms with Crippen LogP contribution in [0.4, 0.5) is 5.69 Å². The molecule has 1 unspecified atom stereocenters. The van der Waals surface area contributed by atoms with E-state index in [0.717, 1.165) is 34.4 Å². The van der Waals surface area contributed by atoms with Crippen molar-refractivity contribution in [1.29, 1.82) is 0 Å². The average molecular weight is 355 g/mol. The lowest BCUT2D eigenvalue weighted by atomic mass is 9.85. The zero-order valence-corrected chi connectivity index (χ0v) is 14.8. The van der Waals surface area contributed by atoms with Gasteiger partial charge in [-0.1, -0.05) is 30.3 Å². The van der Waals surface area contributed by atoms with Crippen LogP contribution in [0.1, 0.15) is 17.0 Å². The van der Waals surface area contributed by atoms with Crippen molar-refractivity contribution >= 4 is 35.2 Å². The van der Waals surface area contributed by atoms with Gasteiger partial charge in [-0.25, -0.2) is 0 Å². The molecule has 2 aromatic carbocycles. The van der Waals surface area contributed by atoms with E-state index in [1.54, 1.807) is 6.82 Å². The van der Waals surface area contributed by atoms with Crippen LogP contribution in [0.2, 0.25) is 6.82 Å². The number of aromatic amines is 1. The lowest BCUT2D eigenvalue weighted by Gasteiger charge is -2.21. The highest BCUT2D eigenvalue weighted by molar-refractivity contribution is 6.54. The third kappa shape index (κ3) is 2.88. The van der Waals surface area contributed by atoms with E-state index in [-0.39, 0.29) is 5.92 Å². The molecule has 0 radical (unpaired) electrons. The molecule has 0 saturated carbocycles.